The number of aryl methyl sites for hydroxylation is 1. The molecule has 0 saturated carbocycles. The summed E-state index contributed by atoms with van der Waals surface area (Å²) in [5.41, 5.74) is 1.13. The van der Waals surface area contributed by atoms with E-state index in [0.29, 0.717) is 0 Å². The van der Waals surface area contributed by atoms with E-state index in [1.54, 1.807) is 6.33 Å². The number of nitrogens with zero attached hydrogens (tertiary/aromatic N) is 2. The third-order valence-electron chi connectivity index (χ3n) is 1.65. The van der Waals surface area contributed by atoms with Gasteiger partial charge in [-0.3, -0.25) is 0 Å². The first-order chi connectivity index (χ1) is 5.84. The Labute approximate surface area is 73.1 Å². The Morgan fingerprint density at radius 3 is 3.08 bits per heavy atom. The zero-order chi connectivity index (χ0) is 8.81. The van der Waals surface area contributed by atoms with E-state index in [1.807, 2.05) is 17.8 Å². The van der Waals surface area contributed by atoms with Crippen molar-refractivity contribution in [2.75, 3.05) is 13.1 Å². The van der Waals surface area contributed by atoms with Crippen LogP contribution in [0.2, 0.25) is 0 Å². The fourth-order valence-corrected chi connectivity index (χ4v) is 0.935. The maximum atomic E-state index is 4.01. The molecule has 0 saturated heterocycles. The van der Waals surface area contributed by atoms with Crippen molar-refractivity contribution in [2.24, 2.45) is 7.05 Å². The van der Waals surface area contributed by atoms with E-state index in [4.69, 9.17) is 0 Å². The predicted octanol–water partition coefficient (Wildman–Crippen LogP) is 1.04. The standard InChI is InChI=1S/C9H15N3/c1-3-10-6-4-5-9-7-11-8-12(9)2/h4-5,7-8,10H,3,6H2,1-2H3. The van der Waals surface area contributed by atoms with E-state index in [-0.39, 0.29) is 0 Å². The van der Waals surface area contributed by atoms with Gasteiger partial charge in [-0.2, -0.15) is 0 Å². The number of hydrogen-bond acceptors (Lipinski definition) is 2. The maximum Gasteiger partial charge on any atom is 0.0948 e. The van der Waals surface area contributed by atoms with Gasteiger partial charge in [-0.05, 0) is 12.6 Å². The van der Waals surface area contributed by atoms with Crippen LogP contribution in [0.3, 0.4) is 0 Å². The smallest absolute Gasteiger partial charge is 0.0948 e. The minimum absolute atomic E-state index is 0.918. The van der Waals surface area contributed by atoms with Crippen molar-refractivity contribution in [2.45, 2.75) is 6.92 Å². The lowest BCUT2D eigenvalue weighted by molar-refractivity contribution is 0.800. The van der Waals surface area contributed by atoms with E-state index < -0.39 is 0 Å². The fraction of sp³-hybridized carbons (Fsp3) is 0.444. The Morgan fingerprint density at radius 2 is 2.50 bits per heavy atom. The first-order valence-corrected chi connectivity index (χ1v) is 4.18. The van der Waals surface area contributed by atoms with Gasteiger partial charge in [0.25, 0.3) is 0 Å². The van der Waals surface area contributed by atoms with Crippen LogP contribution in [0.1, 0.15) is 12.6 Å². The van der Waals surface area contributed by atoms with Gasteiger partial charge < -0.3 is 9.88 Å². The average Bonchev–Trinajstić information content (AvgIpc) is 2.46. The first-order valence-electron chi connectivity index (χ1n) is 4.18. The van der Waals surface area contributed by atoms with Crippen molar-refractivity contribution in [1.29, 1.82) is 0 Å². The zero-order valence-corrected chi connectivity index (χ0v) is 7.62. The molecule has 0 amide bonds. The second-order valence-corrected chi connectivity index (χ2v) is 2.64. The van der Waals surface area contributed by atoms with E-state index >= 15 is 0 Å². The third kappa shape index (κ3) is 2.51. The van der Waals surface area contributed by atoms with Gasteiger partial charge in [-0.15, -0.1) is 0 Å². The summed E-state index contributed by atoms with van der Waals surface area (Å²) in [4.78, 5) is 4.01. The number of nitrogens with one attached hydrogen (secondary N) is 1. The first kappa shape index (κ1) is 9.00. The quantitative estimate of drug-likeness (QED) is 0.676. The van der Waals surface area contributed by atoms with Crippen LogP contribution in [-0.2, 0) is 7.05 Å². The summed E-state index contributed by atoms with van der Waals surface area (Å²) in [6.07, 6.45) is 7.81. The highest BCUT2D eigenvalue weighted by Crippen LogP contribution is 1.97. The topological polar surface area (TPSA) is 29.9 Å². The minimum Gasteiger partial charge on any atom is -0.334 e. The number of likely N-dealkylation sites (N-methyl/N-ethyl adjacent to an activating group) is 1. The average molecular weight is 165 g/mol. The molecule has 0 aliphatic rings. The molecule has 0 bridgehead atoms. The van der Waals surface area contributed by atoms with Crippen LogP contribution < -0.4 is 5.32 Å². The van der Waals surface area contributed by atoms with E-state index in [9.17, 15) is 0 Å². The van der Waals surface area contributed by atoms with Gasteiger partial charge in [0.1, 0.15) is 0 Å². The van der Waals surface area contributed by atoms with E-state index in [1.165, 1.54) is 0 Å². The van der Waals surface area contributed by atoms with Gasteiger partial charge in [0.2, 0.25) is 0 Å². The summed E-state index contributed by atoms with van der Waals surface area (Å²) in [6, 6.07) is 0. The fourth-order valence-electron chi connectivity index (χ4n) is 0.935. The summed E-state index contributed by atoms with van der Waals surface area (Å²) in [5, 5.41) is 3.21. The molecule has 0 unspecified atom stereocenters. The van der Waals surface area contributed by atoms with Crippen molar-refractivity contribution in [3.63, 3.8) is 0 Å². The summed E-state index contributed by atoms with van der Waals surface area (Å²) in [5.74, 6) is 0. The summed E-state index contributed by atoms with van der Waals surface area (Å²) in [6.45, 7) is 4.02. The van der Waals surface area contributed by atoms with Gasteiger partial charge in [0.05, 0.1) is 18.2 Å². The lowest BCUT2D eigenvalue weighted by Crippen LogP contribution is -2.11. The van der Waals surface area contributed by atoms with Gasteiger partial charge in [-0.1, -0.05) is 13.0 Å². The normalized spacial score (nSPS) is 11.2. The molecule has 0 aliphatic heterocycles. The molecule has 0 atom stereocenters. The molecule has 66 valence electrons. The Kier molecular flexibility index (Phi) is 3.54. The Balaban J connectivity index is 2.41. The zero-order valence-electron chi connectivity index (χ0n) is 7.62. The Bertz CT molecular complexity index is 250. The van der Waals surface area contributed by atoms with Crippen LogP contribution in [0.4, 0.5) is 0 Å². The Hall–Kier alpha value is -1.09. The maximum absolute atomic E-state index is 4.01. The summed E-state index contributed by atoms with van der Waals surface area (Å²) in [7, 11) is 1.99. The molecule has 0 radical (unpaired) electrons. The summed E-state index contributed by atoms with van der Waals surface area (Å²) < 4.78 is 1.99. The lowest BCUT2D eigenvalue weighted by atomic mass is 10.4. The molecule has 1 aromatic heterocycles. The molecule has 12 heavy (non-hydrogen) atoms. The molecule has 1 N–H and O–H groups in total. The van der Waals surface area contributed by atoms with Crippen LogP contribution >= 0.6 is 0 Å². The highest BCUT2D eigenvalue weighted by Gasteiger charge is 1.89. The van der Waals surface area contributed by atoms with Gasteiger partial charge >= 0.3 is 0 Å². The number of aromatic nitrogens is 2. The molecule has 0 aromatic carbocycles. The van der Waals surface area contributed by atoms with Gasteiger partial charge in [0.15, 0.2) is 0 Å². The van der Waals surface area contributed by atoms with Crippen molar-refractivity contribution in [1.82, 2.24) is 14.9 Å². The molecular formula is C9H15N3. The van der Waals surface area contributed by atoms with Crippen LogP contribution in [-0.4, -0.2) is 22.6 Å². The molecule has 3 nitrogen and oxygen atoms in total. The molecule has 1 rings (SSSR count). The molecule has 1 heterocycles. The van der Waals surface area contributed by atoms with Crippen molar-refractivity contribution in [3.05, 3.63) is 24.3 Å². The number of imidazole rings is 1. The van der Waals surface area contributed by atoms with Crippen LogP contribution in [0.25, 0.3) is 6.08 Å². The van der Waals surface area contributed by atoms with Crippen molar-refractivity contribution < 1.29 is 0 Å². The highest BCUT2D eigenvalue weighted by atomic mass is 15.0. The molecule has 0 spiro atoms. The van der Waals surface area contributed by atoms with E-state index in [0.717, 1.165) is 18.8 Å². The third-order valence-corrected chi connectivity index (χ3v) is 1.65. The molecular weight excluding hydrogens is 150 g/mol. The van der Waals surface area contributed by atoms with Crippen molar-refractivity contribution in [3.8, 4) is 0 Å². The summed E-state index contributed by atoms with van der Waals surface area (Å²) >= 11 is 0. The van der Waals surface area contributed by atoms with Crippen molar-refractivity contribution >= 4 is 6.08 Å². The number of hydrogen-bond donors (Lipinski definition) is 1. The molecule has 3 heteroatoms. The molecule has 1 aromatic rings. The minimum atomic E-state index is 0.918. The van der Waals surface area contributed by atoms with Crippen LogP contribution in [0.5, 0.6) is 0 Å². The molecule has 0 fully saturated rings. The number of rotatable bonds is 4. The van der Waals surface area contributed by atoms with Crippen LogP contribution in [0, 0.1) is 0 Å². The lowest BCUT2D eigenvalue weighted by Gasteiger charge is -1.95. The van der Waals surface area contributed by atoms with Gasteiger partial charge in [-0.25, -0.2) is 4.98 Å². The molecule has 0 aliphatic carbocycles. The monoisotopic (exact) mass is 165 g/mol. The predicted molar refractivity (Wildman–Crippen MR) is 50.8 cm³/mol. The van der Waals surface area contributed by atoms with Gasteiger partial charge in [0, 0.05) is 13.6 Å². The Morgan fingerprint density at radius 1 is 1.67 bits per heavy atom. The SMILES string of the molecule is CCNCC=Cc1cncn1C. The largest absolute Gasteiger partial charge is 0.334 e. The van der Waals surface area contributed by atoms with E-state index in [2.05, 4.69) is 29.4 Å². The highest BCUT2D eigenvalue weighted by molar-refractivity contribution is 5.43. The second-order valence-electron chi connectivity index (χ2n) is 2.64. The second kappa shape index (κ2) is 4.72. The van der Waals surface area contributed by atoms with Crippen LogP contribution in [0.15, 0.2) is 18.6 Å².